The van der Waals surface area contributed by atoms with Crippen LogP contribution >= 0.6 is 0 Å². The number of likely N-dealkylation sites (N-methyl/N-ethyl adjacent to an activating group) is 1. The van der Waals surface area contributed by atoms with Crippen LogP contribution in [0.5, 0.6) is 0 Å². The van der Waals surface area contributed by atoms with Gasteiger partial charge in [-0.2, -0.15) is 5.06 Å². The van der Waals surface area contributed by atoms with Crippen LogP contribution in [0.1, 0.15) is 10.4 Å². The Kier molecular flexibility index (Phi) is 6.42. The number of hydroxylamine groups is 2. The first-order valence-corrected chi connectivity index (χ1v) is 6.11. The number of hydrogen-bond acceptors (Lipinski definition) is 4. The van der Waals surface area contributed by atoms with E-state index < -0.39 is 0 Å². The molecule has 1 aromatic rings. The molecule has 0 fully saturated rings. The van der Waals surface area contributed by atoms with Crippen LogP contribution in [0.25, 0.3) is 0 Å². The van der Waals surface area contributed by atoms with Gasteiger partial charge in [-0.25, -0.2) is 0 Å². The lowest BCUT2D eigenvalue weighted by Gasteiger charge is -2.09. The zero-order valence-corrected chi connectivity index (χ0v) is 11.8. The molecule has 2 N–H and O–H groups in total. The normalized spacial score (nSPS) is 10.8. The van der Waals surface area contributed by atoms with Gasteiger partial charge in [0.05, 0.1) is 7.11 Å². The second-order valence-corrected chi connectivity index (χ2v) is 4.04. The maximum Gasteiger partial charge on any atom is 0.251 e. The molecule has 0 radical (unpaired) electrons. The van der Waals surface area contributed by atoms with Gasteiger partial charge in [0.2, 0.25) is 5.91 Å². The molecule has 0 aliphatic carbocycles. The van der Waals surface area contributed by atoms with Crippen LogP contribution in [0.3, 0.4) is 0 Å². The molecule has 20 heavy (non-hydrogen) atoms. The molecule has 2 amide bonds. The molecular weight excluding hydrogens is 258 g/mol. The van der Waals surface area contributed by atoms with Gasteiger partial charge >= 0.3 is 0 Å². The second-order valence-electron chi connectivity index (χ2n) is 4.04. The first kappa shape index (κ1) is 15.9. The van der Waals surface area contributed by atoms with Crippen LogP contribution in [0, 0.1) is 0 Å². The lowest BCUT2D eigenvalue weighted by atomic mass is 10.2. The quantitative estimate of drug-likeness (QED) is 0.602. The molecule has 0 unspecified atom stereocenters. The number of hydrogen-bond donors (Lipinski definition) is 2. The van der Waals surface area contributed by atoms with Crippen molar-refractivity contribution in [1.82, 2.24) is 10.4 Å². The summed E-state index contributed by atoms with van der Waals surface area (Å²) >= 11 is 0. The Labute approximate surface area is 118 Å². The Bertz CT molecular complexity index is 483. The third-order valence-corrected chi connectivity index (χ3v) is 2.59. The van der Waals surface area contributed by atoms with Crippen molar-refractivity contribution in [3.63, 3.8) is 0 Å². The molecule has 0 aromatic heterocycles. The SMILES string of the molecule is CNC(=O)c1ccc(NC(=O)/C=C/CN(C)OC)cc1. The number of benzene rings is 1. The molecule has 0 aliphatic heterocycles. The Hall–Kier alpha value is -2.18. The topological polar surface area (TPSA) is 70.7 Å². The molecule has 0 heterocycles. The van der Waals surface area contributed by atoms with Gasteiger partial charge in [-0.15, -0.1) is 0 Å². The summed E-state index contributed by atoms with van der Waals surface area (Å²) in [5.41, 5.74) is 1.18. The summed E-state index contributed by atoms with van der Waals surface area (Å²) < 4.78 is 0. The highest BCUT2D eigenvalue weighted by molar-refractivity contribution is 6.00. The van der Waals surface area contributed by atoms with Gasteiger partial charge in [0.25, 0.3) is 5.91 Å². The van der Waals surface area contributed by atoms with Crippen molar-refractivity contribution in [2.75, 3.05) is 33.1 Å². The summed E-state index contributed by atoms with van der Waals surface area (Å²) in [5, 5.41) is 6.82. The van der Waals surface area contributed by atoms with E-state index in [2.05, 4.69) is 10.6 Å². The van der Waals surface area contributed by atoms with Crippen LogP contribution in [0.15, 0.2) is 36.4 Å². The van der Waals surface area contributed by atoms with E-state index in [9.17, 15) is 9.59 Å². The Morgan fingerprint density at radius 1 is 1.30 bits per heavy atom. The van der Waals surface area contributed by atoms with Crippen LogP contribution < -0.4 is 10.6 Å². The fourth-order valence-corrected chi connectivity index (χ4v) is 1.42. The zero-order valence-electron chi connectivity index (χ0n) is 11.8. The molecule has 0 saturated heterocycles. The molecule has 108 valence electrons. The highest BCUT2D eigenvalue weighted by Gasteiger charge is 2.03. The van der Waals surface area contributed by atoms with Crippen molar-refractivity contribution in [2.45, 2.75) is 0 Å². The molecule has 0 atom stereocenters. The molecular formula is C14H19N3O3. The van der Waals surface area contributed by atoms with Crippen LogP contribution in [0.4, 0.5) is 5.69 Å². The summed E-state index contributed by atoms with van der Waals surface area (Å²) in [5.74, 6) is -0.396. The van der Waals surface area contributed by atoms with Crippen molar-refractivity contribution >= 4 is 17.5 Å². The van der Waals surface area contributed by atoms with E-state index in [0.29, 0.717) is 17.8 Å². The summed E-state index contributed by atoms with van der Waals surface area (Å²) in [6.07, 6.45) is 3.12. The second kappa shape index (κ2) is 8.08. The summed E-state index contributed by atoms with van der Waals surface area (Å²) in [6, 6.07) is 6.66. The predicted molar refractivity (Wildman–Crippen MR) is 77.2 cm³/mol. The third kappa shape index (κ3) is 5.21. The number of nitrogens with one attached hydrogen (secondary N) is 2. The van der Waals surface area contributed by atoms with E-state index in [4.69, 9.17) is 4.84 Å². The van der Waals surface area contributed by atoms with Crippen LogP contribution in [-0.4, -0.2) is 44.6 Å². The maximum atomic E-state index is 11.6. The van der Waals surface area contributed by atoms with Crippen molar-refractivity contribution in [3.05, 3.63) is 42.0 Å². The number of anilines is 1. The zero-order chi connectivity index (χ0) is 15.0. The summed E-state index contributed by atoms with van der Waals surface area (Å²) in [6.45, 7) is 0.513. The van der Waals surface area contributed by atoms with E-state index in [1.807, 2.05) is 0 Å². The lowest BCUT2D eigenvalue weighted by Crippen LogP contribution is -2.18. The molecule has 1 aromatic carbocycles. The van der Waals surface area contributed by atoms with Crippen molar-refractivity contribution in [2.24, 2.45) is 0 Å². The molecule has 0 saturated carbocycles. The van der Waals surface area contributed by atoms with Gasteiger partial charge in [0.15, 0.2) is 0 Å². The predicted octanol–water partition coefficient (Wildman–Crippen LogP) is 1.03. The van der Waals surface area contributed by atoms with E-state index >= 15 is 0 Å². The number of amides is 2. The first-order valence-electron chi connectivity index (χ1n) is 6.11. The minimum Gasteiger partial charge on any atom is -0.355 e. The fraction of sp³-hybridized carbons (Fsp3) is 0.286. The van der Waals surface area contributed by atoms with E-state index in [0.717, 1.165) is 0 Å². The van der Waals surface area contributed by atoms with Gasteiger partial charge in [-0.05, 0) is 24.3 Å². The average Bonchev–Trinajstić information content (AvgIpc) is 2.47. The van der Waals surface area contributed by atoms with Gasteiger partial charge in [0.1, 0.15) is 0 Å². The smallest absolute Gasteiger partial charge is 0.251 e. The third-order valence-electron chi connectivity index (χ3n) is 2.59. The highest BCUT2D eigenvalue weighted by atomic mass is 16.7. The standard InChI is InChI=1S/C14H19N3O3/c1-15-14(19)11-6-8-12(9-7-11)16-13(18)5-4-10-17(2)20-3/h4-9H,10H2,1-3H3,(H,15,19)(H,16,18)/b5-4+. The van der Waals surface area contributed by atoms with Crippen molar-refractivity contribution in [3.8, 4) is 0 Å². The number of rotatable bonds is 6. The van der Waals surface area contributed by atoms with Gasteiger partial charge in [-0.1, -0.05) is 6.08 Å². The Morgan fingerprint density at radius 3 is 2.50 bits per heavy atom. The van der Waals surface area contributed by atoms with Gasteiger partial charge in [-0.3, -0.25) is 9.59 Å². The lowest BCUT2D eigenvalue weighted by molar-refractivity contribution is -0.112. The Balaban J connectivity index is 2.52. The van der Waals surface area contributed by atoms with E-state index in [1.54, 1.807) is 56.6 Å². The largest absolute Gasteiger partial charge is 0.355 e. The minimum atomic E-state index is -0.234. The highest BCUT2D eigenvalue weighted by Crippen LogP contribution is 2.09. The molecule has 1 rings (SSSR count). The van der Waals surface area contributed by atoms with Crippen LogP contribution in [-0.2, 0) is 9.63 Å². The summed E-state index contributed by atoms with van der Waals surface area (Å²) in [7, 11) is 4.89. The molecule has 0 spiro atoms. The molecule has 0 aliphatic rings. The van der Waals surface area contributed by atoms with Crippen molar-refractivity contribution < 1.29 is 14.4 Å². The summed E-state index contributed by atoms with van der Waals surface area (Å²) in [4.78, 5) is 27.9. The minimum absolute atomic E-state index is 0.162. The number of nitrogens with zero attached hydrogens (tertiary/aromatic N) is 1. The fourth-order valence-electron chi connectivity index (χ4n) is 1.42. The molecule has 6 nitrogen and oxygen atoms in total. The van der Waals surface area contributed by atoms with Crippen LogP contribution in [0.2, 0.25) is 0 Å². The van der Waals surface area contributed by atoms with Gasteiger partial charge in [0, 0.05) is 38.0 Å². The number of carbonyl (C=O) groups excluding carboxylic acids is 2. The van der Waals surface area contributed by atoms with E-state index in [-0.39, 0.29) is 11.8 Å². The van der Waals surface area contributed by atoms with Gasteiger partial charge < -0.3 is 15.5 Å². The van der Waals surface area contributed by atoms with Crippen molar-refractivity contribution in [1.29, 1.82) is 0 Å². The number of carbonyl (C=O) groups is 2. The maximum absolute atomic E-state index is 11.6. The monoisotopic (exact) mass is 277 g/mol. The Morgan fingerprint density at radius 2 is 1.95 bits per heavy atom. The first-order chi connectivity index (χ1) is 9.56. The average molecular weight is 277 g/mol. The van der Waals surface area contributed by atoms with E-state index in [1.165, 1.54) is 6.08 Å². The molecule has 0 bridgehead atoms. The molecule has 6 heteroatoms.